The molecule has 0 bridgehead atoms. The number of ether oxygens (including phenoxy) is 1. The van der Waals surface area contributed by atoms with Crippen molar-refractivity contribution in [3.63, 3.8) is 0 Å². The molecule has 130 valence electrons. The summed E-state index contributed by atoms with van der Waals surface area (Å²) in [7, 11) is -3.37. The van der Waals surface area contributed by atoms with Crippen LogP contribution in [0.1, 0.15) is 30.3 Å². The number of aryl methyl sites for hydroxylation is 1. The van der Waals surface area contributed by atoms with Crippen molar-refractivity contribution in [2.75, 3.05) is 6.61 Å². The van der Waals surface area contributed by atoms with E-state index < -0.39 is 15.3 Å². The zero-order chi connectivity index (χ0) is 17.2. The van der Waals surface area contributed by atoms with Gasteiger partial charge in [0, 0.05) is 32.1 Å². The smallest absolute Gasteiger partial charge is 0.217 e. The van der Waals surface area contributed by atoms with Crippen molar-refractivity contribution in [1.82, 2.24) is 14.3 Å². The Labute approximate surface area is 142 Å². The lowest BCUT2D eigenvalue weighted by Gasteiger charge is -2.16. The molecular formula is C17H23N3O3S. The van der Waals surface area contributed by atoms with Crippen molar-refractivity contribution in [3.8, 4) is 0 Å². The maximum absolute atomic E-state index is 12.4. The SMILES string of the molecule is Cc1nccn1Cc1cccc(CNS(=O)(=O)[C@@H]2CCO[C@H]2C)c1. The van der Waals surface area contributed by atoms with Crippen LogP contribution in [0.3, 0.4) is 0 Å². The Morgan fingerprint density at radius 3 is 2.83 bits per heavy atom. The van der Waals surface area contributed by atoms with Crippen molar-refractivity contribution >= 4 is 10.0 Å². The molecule has 0 saturated carbocycles. The predicted octanol–water partition coefficient (Wildman–Crippen LogP) is 1.84. The number of rotatable bonds is 6. The first kappa shape index (κ1) is 17.1. The summed E-state index contributed by atoms with van der Waals surface area (Å²) in [4.78, 5) is 4.21. The van der Waals surface area contributed by atoms with Gasteiger partial charge in [-0.15, -0.1) is 0 Å². The quantitative estimate of drug-likeness (QED) is 0.864. The molecule has 1 aliphatic heterocycles. The Morgan fingerprint density at radius 2 is 2.17 bits per heavy atom. The molecule has 0 unspecified atom stereocenters. The van der Waals surface area contributed by atoms with Gasteiger partial charge in [-0.1, -0.05) is 24.3 Å². The lowest BCUT2D eigenvalue weighted by atomic mass is 10.1. The lowest BCUT2D eigenvalue weighted by Crippen LogP contribution is -2.37. The largest absolute Gasteiger partial charge is 0.377 e. The fraction of sp³-hybridized carbons (Fsp3) is 0.471. The number of sulfonamides is 1. The number of hydrogen-bond donors (Lipinski definition) is 1. The van der Waals surface area contributed by atoms with E-state index in [4.69, 9.17) is 4.74 Å². The van der Waals surface area contributed by atoms with Gasteiger partial charge in [0.15, 0.2) is 0 Å². The number of hydrogen-bond acceptors (Lipinski definition) is 4. The highest BCUT2D eigenvalue weighted by Gasteiger charge is 2.35. The molecule has 1 aromatic heterocycles. The Kier molecular flexibility index (Phi) is 5.03. The van der Waals surface area contributed by atoms with Crippen LogP contribution in [0.2, 0.25) is 0 Å². The molecule has 0 amide bonds. The third-order valence-electron chi connectivity index (χ3n) is 4.45. The second-order valence-corrected chi connectivity index (χ2v) is 8.18. The fourth-order valence-electron chi connectivity index (χ4n) is 3.02. The maximum Gasteiger partial charge on any atom is 0.217 e. The van der Waals surface area contributed by atoms with Gasteiger partial charge >= 0.3 is 0 Å². The van der Waals surface area contributed by atoms with E-state index in [0.29, 0.717) is 19.6 Å². The Balaban J connectivity index is 1.65. The number of nitrogens with zero attached hydrogens (tertiary/aromatic N) is 2. The number of nitrogens with one attached hydrogen (secondary N) is 1. The van der Waals surface area contributed by atoms with E-state index in [0.717, 1.165) is 23.5 Å². The summed E-state index contributed by atoms with van der Waals surface area (Å²) in [6, 6.07) is 7.94. The van der Waals surface area contributed by atoms with Crippen LogP contribution in [0.4, 0.5) is 0 Å². The molecule has 0 spiro atoms. The highest BCUT2D eigenvalue weighted by atomic mass is 32.2. The molecule has 2 atom stereocenters. The van der Waals surface area contributed by atoms with Gasteiger partial charge in [-0.25, -0.2) is 18.1 Å². The molecule has 1 aliphatic rings. The van der Waals surface area contributed by atoms with Crippen molar-refractivity contribution in [1.29, 1.82) is 0 Å². The third-order valence-corrected chi connectivity index (χ3v) is 6.41. The van der Waals surface area contributed by atoms with Gasteiger partial charge in [0.25, 0.3) is 0 Å². The summed E-state index contributed by atoms with van der Waals surface area (Å²) in [5, 5.41) is -0.464. The minimum absolute atomic E-state index is 0.252. The van der Waals surface area contributed by atoms with Gasteiger partial charge in [-0.05, 0) is 31.4 Å². The monoisotopic (exact) mass is 349 g/mol. The Hall–Kier alpha value is -1.70. The zero-order valence-electron chi connectivity index (χ0n) is 14.0. The van der Waals surface area contributed by atoms with E-state index in [9.17, 15) is 8.42 Å². The van der Waals surface area contributed by atoms with Crippen LogP contribution in [0.25, 0.3) is 0 Å². The standard InChI is InChI=1S/C17H23N3O3S/c1-13-17(6-9-23-13)24(21,22)19-11-15-4-3-5-16(10-15)12-20-8-7-18-14(20)2/h3-5,7-8,10,13,17,19H,6,9,11-12H2,1-2H3/t13-,17+/m0/s1. The number of benzene rings is 1. The molecule has 2 heterocycles. The lowest BCUT2D eigenvalue weighted by molar-refractivity contribution is 0.126. The molecule has 2 aromatic rings. The van der Waals surface area contributed by atoms with E-state index in [1.54, 1.807) is 6.20 Å². The highest BCUT2D eigenvalue weighted by Crippen LogP contribution is 2.20. The van der Waals surface area contributed by atoms with E-state index in [1.165, 1.54) is 0 Å². The minimum Gasteiger partial charge on any atom is -0.377 e. The molecule has 1 saturated heterocycles. The van der Waals surface area contributed by atoms with Gasteiger partial charge in [-0.3, -0.25) is 0 Å². The molecule has 7 heteroatoms. The number of aromatic nitrogens is 2. The first-order chi connectivity index (χ1) is 11.5. The topological polar surface area (TPSA) is 73.2 Å². The fourth-order valence-corrected chi connectivity index (χ4v) is 4.59. The predicted molar refractivity (Wildman–Crippen MR) is 92.1 cm³/mol. The molecule has 0 radical (unpaired) electrons. The molecule has 1 N–H and O–H groups in total. The van der Waals surface area contributed by atoms with E-state index in [-0.39, 0.29) is 6.10 Å². The third kappa shape index (κ3) is 3.85. The van der Waals surface area contributed by atoms with Crippen LogP contribution < -0.4 is 4.72 Å². The van der Waals surface area contributed by atoms with Gasteiger partial charge in [0.1, 0.15) is 11.1 Å². The molecule has 1 fully saturated rings. The first-order valence-corrected chi connectivity index (χ1v) is 9.66. The molecular weight excluding hydrogens is 326 g/mol. The van der Waals surface area contributed by atoms with Crippen molar-refractivity contribution in [2.45, 2.75) is 44.7 Å². The minimum atomic E-state index is -3.37. The second-order valence-electron chi connectivity index (χ2n) is 6.19. The number of imidazole rings is 1. The summed E-state index contributed by atoms with van der Waals surface area (Å²) < 4.78 is 34.9. The zero-order valence-corrected chi connectivity index (χ0v) is 14.8. The van der Waals surface area contributed by atoms with Crippen molar-refractivity contribution in [3.05, 3.63) is 53.6 Å². The van der Waals surface area contributed by atoms with E-state index in [1.807, 2.05) is 44.3 Å². The average Bonchev–Trinajstić information content (AvgIpc) is 3.15. The maximum atomic E-state index is 12.4. The van der Waals surface area contributed by atoms with Crippen LogP contribution >= 0.6 is 0 Å². The molecule has 1 aromatic carbocycles. The van der Waals surface area contributed by atoms with Crippen LogP contribution in [-0.2, 0) is 27.8 Å². The van der Waals surface area contributed by atoms with Gasteiger partial charge in [0.05, 0.1) is 6.10 Å². The summed E-state index contributed by atoms with van der Waals surface area (Å²) in [6.45, 7) is 5.29. The van der Waals surface area contributed by atoms with Crippen molar-refractivity contribution in [2.24, 2.45) is 0 Å². The average molecular weight is 349 g/mol. The Morgan fingerprint density at radius 1 is 1.38 bits per heavy atom. The summed E-state index contributed by atoms with van der Waals surface area (Å²) in [6.07, 6.45) is 4.01. The van der Waals surface area contributed by atoms with Crippen LogP contribution in [0.15, 0.2) is 36.7 Å². The van der Waals surface area contributed by atoms with Crippen LogP contribution in [-0.4, -0.2) is 35.9 Å². The molecule has 6 nitrogen and oxygen atoms in total. The normalized spacial score (nSPS) is 21.2. The van der Waals surface area contributed by atoms with Crippen LogP contribution in [0.5, 0.6) is 0 Å². The highest BCUT2D eigenvalue weighted by molar-refractivity contribution is 7.90. The van der Waals surface area contributed by atoms with Gasteiger partial charge < -0.3 is 9.30 Å². The van der Waals surface area contributed by atoms with Crippen LogP contribution in [0, 0.1) is 6.92 Å². The van der Waals surface area contributed by atoms with Gasteiger partial charge in [-0.2, -0.15) is 0 Å². The van der Waals surface area contributed by atoms with E-state index in [2.05, 4.69) is 14.3 Å². The Bertz CT molecular complexity index is 801. The van der Waals surface area contributed by atoms with Crippen molar-refractivity contribution < 1.29 is 13.2 Å². The summed E-state index contributed by atoms with van der Waals surface area (Å²) in [5.74, 6) is 0.955. The molecule has 3 rings (SSSR count). The second kappa shape index (κ2) is 7.04. The first-order valence-electron chi connectivity index (χ1n) is 8.11. The molecule has 0 aliphatic carbocycles. The summed E-state index contributed by atoms with van der Waals surface area (Å²) in [5.41, 5.74) is 2.06. The molecule has 24 heavy (non-hydrogen) atoms. The van der Waals surface area contributed by atoms with Gasteiger partial charge in [0.2, 0.25) is 10.0 Å². The van der Waals surface area contributed by atoms with E-state index >= 15 is 0 Å². The summed E-state index contributed by atoms with van der Waals surface area (Å²) >= 11 is 0.